The topological polar surface area (TPSA) is 78.9 Å². The van der Waals surface area contributed by atoms with Crippen LogP contribution in [0, 0.1) is 0 Å². The molecule has 6 nitrogen and oxygen atoms in total. The molecule has 1 atom stereocenters. The van der Waals surface area contributed by atoms with Gasteiger partial charge < -0.3 is 14.2 Å². The van der Waals surface area contributed by atoms with Crippen LogP contribution in [0.3, 0.4) is 0 Å². The van der Waals surface area contributed by atoms with Crippen molar-refractivity contribution in [3.63, 3.8) is 0 Å². The van der Waals surface area contributed by atoms with E-state index in [0.29, 0.717) is 19.3 Å². The van der Waals surface area contributed by atoms with Crippen LogP contribution in [-0.4, -0.2) is 37.2 Å². The molecule has 0 fully saturated rings. The highest BCUT2D eigenvalue weighted by Gasteiger charge is 2.19. The number of esters is 3. The molecule has 0 radical (unpaired) electrons. The summed E-state index contributed by atoms with van der Waals surface area (Å²) in [6, 6.07) is 0. The molecule has 0 saturated heterocycles. The number of hydrogen-bond acceptors (Lipinski definition) is 6. The molecule has 0 heterocycles. The number of unbranched alkanes of at least 4 members (excludes halogenated alkanes) is 27. The molecule has 0 aliphatic carbocycles. The molecule has 396 valence electrons. The van der Waals surface area contributed by atoms with Crippen molar-refractivity contribution in [1.82, 2.24) is 0 Å². The van der Waals surface area contributed by atoms with E-state index in [0.717, 1.165) is 89.9 Å². The van der Waals surface area contributed by atoms with Gasteiger partial charge in [-0.05, 0) is 64.2 Å². The monoisotopic (exact) mass is 969 g/mol. The Bertz CT molecular complexity index is 1490. The Labute approximate surface area is 431 Å². The fraction of sp³-hybridized carbons (Fsp3) is 0.641. The van der Waals surface area contributed by atoms with Gasteiger partial charge in [-0.3, -0.25) is 14.4 Å². The van der Waals surface area contributed by atoms with E-state index in [1.165, 1.54) is 109 Å². The summed E-state index contributed by atoms with van der Waals surface area (Å²) >= 11 is 0. The quantitative estimate of drug-likeness (QED) is 0.0262. The van der Waals surface area contributed by atoms with Gasteiger partial charge in [0, 0.05) is 19.3 Å². The first-order valence-electron chi connectivity index (χ1n) is 28.7. The lowest BCUT2D eigenvalue weighted by Crippen LogP contribution is -2.30. The van der Waals surface area contributed by atoms with Crippen LogP contribution in [0.5, 0.6) is 0 Å². The Balaban J connectivity index is 4.53. The summed E-state index contributed by atoms with van der Waals surface area (Å²) in [5.41, 5.74) is 0. The van der Waals surface area contributed by atoms with Gasteiger partial charge in [-0.25, -0.2) is 0 Å². The van der Waals surface area contributed by atoms with E-state index in [2.05, 4.69) is 81.5 Å². The van der Waals surface area contributed by atoms with Gasteiger partial charge >= 0.3 is 17.9 Å². The van der Waals surface area contributed by atoms with Crippen LogP contribution in [0.25, 0.3) is 0 Å². The second kappa shape index (κ2) is 57.4. The smallest absolute Gasteiger partial charge is 0.306 e. The van der Waals surface area contributed by atoms with Crippen molar-refractivity contribution < 1.29 is 28.6 Å². The van der Waals surface area contributed by atoms with E-state index in [4.69, 9.17) is 14.2 Å². The molecule has 0 bridgehead atoms. The number of carbonyl (C=O) groups is 3. The van der Waals surface area contributed by atoms with Crippen LogP contribution in [0.15, 0.2) is 122 Å². The molecule has 0 aromatic carbocycles. The molecule has 0 N–H and O–H groups in total. The third kappa shape index (κ3) is 54.7. The van der Waals surface area contributed by atoms with Crippen LogP contribution in [-0.2, 0) is 28.6 Å². The molecule has 0 amide bonds. The molecular formula is C64H104O6. The lowest BCUT2D eigenvalue weighted by molar-refractivity contribution is -0.167. The molecule has 0 aliphatic rings. The zero-order valence-electron chi connectivity index (χ0n) is 45.2. The predicted molar refractivity (Wildman–Crippen MR) is 302 cm³/mol. The fourth-order valence-electron chi connectivity index (χ4n) is 7.66. The second-order valence-corrected chi connectivity index (χ2v) is 18.7. The van der Waals surface area contributed by atoms with Gasteiger partial charge in [-0.2, -0.15) is 0 Å². The van der Waals surface area contributed by atoms with E-state index >= 15 is 0 Å². The van der Waals surface area contributed by atoms with Crippen molar-refractivity contribution in [2.45, 2.75) is 252 Å². The number of ether oxygens (including phenoxy) is 3. The lowest BCUT2D eigenvalue weighted by Gasteiger charge is -2.18. The molecule has 6 heteroatoms. The average Bonchev–Trinajstić information content (AvgIpc) is 3.36. The first-order valence-corrected chi connectivity index (χ1v) is 28.7. The van der Waals surface area contributed by atoms with E-state index in [9.17, 15) is 14.4 Å². The average molecular weight is 970 g/mol. The Kier molecular flexibility index (Phi) is 54.0. The molecule has 0 aromatic heterocycles. The number of carbonyl (C=O) groups excluding carboxylic acids is 3. The van der Waals surface area contributed by atoms with Gasteiger partial charge in [0.1, 0.15) is 13.2 Å². The van der Waals surface area contributed by atoms with Gasteiger partial charge in [0.2, 0.25) is 0 Å². The van der Waals surface area contributed by atoms with E-state index in [1.54, 1.807) is 0 Å². The van der Waals surface area contributed by atoms with Crippen LogP contribution in [0.4, 0.5) is 0 Å². The van der Waals surface area contributed by atoms with Crippen LogP contribution in [0.2, 0.25) is 0 Å². The Hall–Kier alpha value is -4.19. The summed E-state index contributed by atoms with van der Waals surface area (Å²) in [5.74, 6) is -0.972. The van der Waals surface area contributed by atoms with Gasteiger partial charge in [-0.1, -0.05) is 284 Å². The molecule has 70 heavy (non-hydrogen) atoms. The summed E-state index contributed by atoms with van der Waals surface area (Å²) in [4.78, 5) is 38.2. The summed E-state index contributed by atoms with van der Waals surface area (Å²) in [6.45, 7) is 6.41. The number of allylic oxidation sites excluding steroid dienone is 20. The van der Waals surface area contributed by atoms with E-state index in [-0.39, 0.29) is 37.5 Å². The number of hydrogen-bond donors (Lipinski definition) is 0. The maximum Gasteiger partial charge on any atom is 0.306 e. The Morgan fingerprint density at radius 3 is 0.914 bits per heavy atom. The van der Waals surface area contributed by atoms with Gasteiger partial charge in [-0.15, -0.1) is 0 Å². The van der Waals surface area contributed by atoms with Crippen molar-refractivity contribution in [3.8, 4) is 0 Å². The standard InChI is InChI=1S/C64H104O6/c1-4-7-10-13-16-19-22-25-28-31-34-36-39-42-45-48-51-54-57-63(66)69-60-61(70-64(67)58-55-52-49-46-43-40-37-33-30-27-24-21-18-15-12-9-6-3)59-68-62(65)56-53-50-47-44-41-38-35-32-29-26-23-20-17-14-11-8-5-2/h9,12,15-16,18-19,21-22,24-25,27-28,30-31,33-34,36-37,40,43,61H,4-8,10-11,13-14,17,20,23,26,29,32,35,38-39,41-42,44-60H2,1-3H3/b12-9-,18-15-,19-16-,24-21-,25-22-,30-27-,31-28-,36-34-,37-33+,43-40-. The second-order valence-electron chi connectivity index (χ2n) is 18.7. The maximum absolute atomic E-state index is 12.8. The molecule has 0 aliphatic heterocycles. The summed E-state index contributed by atoms with van der Waals surface area (Å²) in [6.07, 6.45) is 78.9. The fourth-order valence-corrected chi connectivity index (χ4v) is 7.66. The molecule has 0 spiro atoms. The van der Waals surface area contributed by atoms with Crippen LogP contribution in [0.1, 0.15) is 245 Å². The SMILES string of the molecule is CC\C=C/C=C\C=C/C=C\C=C\C=C/CCCCCC(=O)OC(COC(=O)CCCCCCC\C=C/C=C\C=C/C=C\CCCCC)COC(=O)CCCCCCCCCCCCCCCCCCC. The summed E-state index contributed by atoms with van der Waals surface area (Å²) in [7, 11) is 0. The molecular weight excluding hydrogens is 865 g/mol. The summed E-state index contributed by atoms with van der Waals surface area (Å²) < 4.78 is 16.8. The zero-order chi connectivity index (χ0) is 50.7. The zero-order valence-corrected chi connectivity index (χ0v) is 45.2. The van der Waals surface area contributed by atoms with Crippen LogP contribution < -0.4 is 0 Å². The van der Waals surface area contributed by atoms with E-state index < -0.39 is 6.10 Å². The predicted octanol–water partition coefficient (Wildman–Crippen LogP) is 19.3. The largest absolute Gasteiger partial charge is 0.462 e. The van der Waals surface area contributed by atoms with Crippen molar-refractivity contribution in [2.24, 2.45) is 0 Å². The minimum absolute atomic E-state index is 0.105. The Morgan fingerprint density at radius 1 is 0.300 bits per heavy atom. The highest BCUT2D eigenvalue weighted by Crippen LogP contribution is 2.15. The normalized spacial score (nSPS) is 13.0. The van der Waals surface area contributed by atoms with Crippen LogP contribution >= 0.6 is 0 Å². The Morgan fingerprint density at radius 2 is 0.557 bits per heavy atom. The third-order valence-corrected chi connectivity index (χ3v) is 12.0. The van der Waals surface area contributed by atoms with Gasteiger partial charge in [0.05, 0.1) is 0 Å². The molecule has 0 rings (SSSR count). The molecule has 0 saturated carbocycles. The van der Waals surface area contributed by atoms with Crippen molar-refractivity contribution in [2.75, 3.05) is 13.2 Å². The van der Waals surface area contributed by atoms with Gasteiger partial charge in [0.15, 0.2) is 6.10 Å². The summed E-state index contributed by atoms with van der Waals surface area (Å²) in [5, 5.41) is 0. The first kappa shape index (κ1) is 65.8. The van der Waals surface area contributed by atoms with Crippen molar-refractivity contribution in [3.05, 3.63) is 122 Å². The van der Waals surface area contributed by atoms with Crippen molar-refractivity contribution >= 4 is 17.9 Å². The highest BCUT2D eigenvalue weighted by molar-refractivity contribution is 5.71. The lowest BCUT2D eigenvalue weighted by atomic mass is 10.0. The minimum Gasteiger partial charge on any atom is -0.462 e. The molecule has 1 unspecified atom stereocenters. The van der Waals surface area contributed by atoms with E-state index in [1.807, 2.05) is 60.8 Å². The number of rotatable bonds is 50. The minimum atomic E-state index is -0.814. The highest BCUT2D eigenvalue weighted by atomic mass is 16.6. The third-order valence-electron chi connectivity index (χ3n) is 12.0. The molecule has 0 aromatic rings. The van der Waals surface area contributed by atoms with Gasteiger partial charge in [0.25, 0.3) is 0 Å². The van der Waals surface area contributed by atoms with Crippen molar-refractivity contribution in [1.29, 1.82) is 0 Å². The maximum atomic E-state index is 12.8. The first-order chi connectivity index (χ1) is 34.5.